The topological polar surface area (TPSA) is 49.9 Å². The lowest BCUT2D eigenvalue weighted by molar-refractivity contribution is -0.141. The van der Waals surface area contributed by atoms with Crippen LogP contribution in [0.4, 0.5) is 0 Å². The molecule has 5 nitrogen and oxygen atoms in total. The van der Waals surface area contributed by atoms with Crippen molar-refractivity contribution in [3.63, 3.8) is 0 Å². The van der Waals surface area contributed by atoms with Crippen molar-refractivity contribution >= 4 is 34.9 Å². The highest BCUT2D eigenvalue weighted by Crippen LogP contribution is 2.22. The van der Waals surface area contributed by atoms with Crippen molar-refractivity contribution in [1.29, 1.82) is 0 Å². The second-order valence-electron chi connectivity index (χ2n) is 8.77. The number of hydrogen-bond donors (Lipinski definition) is 0. The Balaban J connectivity index is 1.47. The lowest BCUT2D eigenvalue weighted by Crippen LogP contribution is -2.46. The SMILES string of the molecule is Cc1ccsc1CN(Cc1ccccc1)C(=O)CN(CC1CCCO1)C(=O)CSc1ccccc1. The van der Waals surface area contributed by atoms with Crippen LogP contribution in [-0.2, 0) is 27.4 Å². The standard InChI is InChI=1S/C28H32N2O3S2/c1-22-14-16-34-26(22)19-29(17-23-9-4-2-5-10-23)27(31)20-30(18-24-11-8-15-33-24)28(32)21-35-25-12-6-3-7-13-25/h2-7,9-10,12-14,16,24H,8,11,15,17-21H2,1H3. The molecule has 3 aromatic rings. The van der Waals surface area contributed by atoms with E-state index in [9.17, 15) is 9.59 Å². The van der Waals surface area contributed by atoms with Crippen molar-refractivity contribution in [2.75, 3.05) is 25.4 Å². The van der Waals surface area contributed by atoms with E-state index < -0.39 is 0 Å². The number of benzene rings is 2. The third-order valence-electron chi connectivity index (χ3n) is 6.10. The first kappa shape index (κ1) is 25.5. The normalized spacial score (nSPS) is 15.2. The summed E-state index contributed by atoms with van der Waals surface area (Å²) in [4.78, 5) is 32.7. The van der Waals surface area contributed by atoms with Gasteiger partial charge in [0.2, 0.25) is 11.8 Å². The van der Waals surface area contributed by atoms with Gasteiger partial charge in [-0.1, -0.05) is 48.5 Å². The zero-order valence-corrected chi connectivity index (χ0v) is 21.7. The van der Waals surface area contributed by atoms with Gasteiger partial charge < -0.3 is 14.5 Å². The molecule has 1 aliphatic rings. The third-order valence-corrected chi connectivity index (χ3v) is 8.11. The number of carbonyl (C=O) groups is 2. The predicted octanol–water partition coefficient (Wildman–Crippen LogP) is 5.39. The quantitative estimate of drug-likeness (QED) is 0.326. The summed E-state index contributed by atoms with van der Waals surface area (Å²) >= 11 is 3.17. The summed E-state index contributed by atoms with van der Waals surface area (Å²) in [5.41, 5.74) is 2.26. The molecule has 2 aromatic carbocycles. The van der Waals surface area contributed by atoms with Gasteiger partial charge in [0.25, 0.3) is 0 Å². The summed E-state index contributed by atoms with van der Waals surface area (Å²) < 4.78 is 5.81. The minimum atomic E-state index is -0.0438. The van der Waals surface area contributed by atoms with Gasteiger partial charge in [-0.2, -0.15) is 0 Å². The van der Waals surface area contributed by atoms with Crippen LogP contribution < -0.4 is 0 Å². The Labute approximate surface area is 216 Å². The highest BCUT2D eigenvalue weighted by molar-refractivity contribution is 8.00. The Bertz CT molecular complexity index is 1080. The molecule has 0 aliphatic carbocycles. The fraction of sp³-hybridized carbons (Fsp3) is 0.357. The van der Waals surface area contributed by atoms with Crippen LogP contribution in [0.2, 0.25) is 0 Å². The Morgan fingerprint density at radius 1 is 0.971 bits per heavy atom. The molecule has 0 radical (unpaired) electrons. The summed E-state index contributed by atoms with van der Waals surface area (Å²) in [7, 11) is 0. The van der Waals surface area contributed by atoms with Crippen LogP contribution in [0, 0.1) is 6.92 Å². The van der Waals surface area contributed by atoms with E-state index in [1.807, 2.05) is 65.6 Å². The average molecular weight is 509 g/mol. The predicted molar refractivity (Wildman–Crippen MR) is 142 cm³/mol. The number of thiophene rings is 1. The monoisotopic (exact) mass is 508 g/mol. The minimum absolute atomic E-state index is 0.00408. The van der Waals surface area contributed by atoms with Crippen LogP contribution in [0.3, 0.4) is 0 Å². The molecule has 1 fully saturated rings. The molecule has 0 saturated carbocycles. The number of ether oxygens (including phenoxy) is 1. The molecular formula is C28H32N2O3S2. The molecule has 2 amide bonds. The van der Waals surface area contributed by atoms with Crippen molar-refractivity contribution in [3.8, 4) is 0 Å². The van der Waals surface area contributed by atoms with Gasteiger partial charge in [-0.25, -0.2) is 0 Å². The summed E-state index contributed by atoms with van der Waals surface area (Å²) in [6, 6.07) is 22.0. The van der Waals surface area contributed by atoms with Gasteiger partial charge in [0.1, 0.15) is 0 Å². The van der Waals surface area contributed by atoms with E-state index in [1.165, 1.54) is 22.2 Å². The van der Waals surface area contributed by atoms with Gasteiger partial charge >= 0.3 is 0 Å². The molecule has 1 saturated heterocycles. The molecule has 1 atom stereocenters. The third kappa shape index (κ3) is 7.69. The van der Waals surface area contributed by atoms with E-state index in [0.717, 1.165) is 29.9 Å². The van der Waals surface area contributed by atoms with Crippen molar-refractivity contribution < 1.29 is 14.3 Å². The molecule has 1 unspecified atom stereocenters. The Morgan fingerprint density at radius 2 is 1.71 bits per heavy atom. The Hall–Kier alpha value is -2.61. The summed E-state index contributed by atoms with van der Waals surface area (Å²) in [6.07, 6.45) is 1.92. The molecule has 4 rings (SSSR count). The van der Waals surface area contributed by atoms with Gasteiger partial charge in [-0.05, 0) is 54.5 Å². The fourth-order valence-corrected chi connectivity index (χ4v) is 5.82. The minimum Gasteiger partial charge on any atom is -0.376 e. The number of hydrogen-bond acceptors (Lipinski definition) is 5. The van der Waals surface area contributed by atoms with E-state index >= 15 is 0 Å². The van der Waals surface area contributed by atoms with Crippen LogP contribution in [0.25, 0.3) is 0 Å². The maximum Gasteiger partial charge on any atom is 0.242 e. The molecule has 35 heavy (non-hydrogen) atoms. The summed E-state index contributed by atoms with van der Waals surface area (Å²) in [6.45, 7) is 4.36. The van der Waals surface area contributed by atoms with Crippen molar-refractivity contribution in [1.82, 2.24) is 9.80 Å². The van der Waals surface area contributed by atoms with E-state index in [1.54, 1.807) is 16.2 Å². The van der Waals surface area contributed by atoms with Crippen LogP contribution in [0.5, 0.6) is 0 Å². The Kier molecular flexibility index (Phi) is 9.40. The zero-order chi connectivity index (χ0) is 24.5. The first-order chi connectivity index (χ1) is 17.1. The largest absolute Gasteiger partial charge is 0.376 e. The molecule has 1 aliphatic heterocycles. The number of carbonyl (C=O) groups excluding carboxylic acids is 2. The van der Waals surface area contributed by atoms with Crippen LogP contribution in [-0.4, -0.2) is 53.2 Å². The van der Waals surface area contributed by atoms with Crippen LogP contribution in [0.15, 0.2) is 77.0 Å². The summed E-state index contributed by atoms with van der Waals surface area (Å²) in [5, 5.41) is 2.06. The van der Waals surface area contributed by atoms with Gasteiger partial charge in [0.05, 0.1) is 24.9 Å². The summed E-state index contributed by atoms with van der Waals surface area (Å²) in [5.74, 6) is 0.222. The zero-order valence-electron chi connectivity index (χ0n) is 20.1. The number of nitrogens with zero attached hydrogens (tertiary/aromatic N) is 2. The smallest absolute Gasteiger partial charge is 0.242 e. The van der Waals surface area contributed by atoms with Gasteiger partial charge in [-0.3, -0.25) is 9.59 Å². The molecule has 2 heterocycles. The van der Waals surface area contributed by atoms with E-state index in [0.29, 0.717) is 25.4 Å². The highest BCUT2D eigenvalue weighted by atomic mass is 32.2. The van der Waals surface area contributed by atoms with Crippen molar-refractivity contribution in [2.45, 2.75) is 43.9 Å². The second kappa shape index (κ2) is 12.9. The second-order valence-corrected chi connectivity index (χ2v) is 10.8. The molecule has 0 bridgehead atoms. The van der Waals surface area contributed by atoms with Gasteiger partial charge in [-0.15, -0.1) is 23.1 Å². The van der Waals surface area contributed by atoms with E-state index in [2.05, 4.69) is 18.4 Å². The van der Waals surface area contributed by atoms with Crippen molar-refractivity contribution in [2.24, 2.45) is 0 Å². The number of amides is 2. The maximum absolute atomic E-state index is 13.6. The van der Waals surface area contributed by atoms with Gasteiger partial charge in [0, 0.05) is 29.5 Å². The van der Waals surface area contributed by atoms with E-state index in [-0.39, 0.29) is 24.5 Å². The maximum atomic E-state index is 13.6. The van der Waals surface area contributed by atoms with Gasteiger partial charge in [0.15, 0.2) is 0 Å². The Morgan fingerprint density at radius 3 is 2.37 bits per heavy atom. The van der Waals surface area contributed by atoms with Crippen molar-refractivity contribution in [3.05, 3.63) is 88.1 Å². The first-order valence-electron chi connectivity index (χ1n) is 12.0. The number of aryl methyl sites for hydroxylation is 1. The molecule has 0 N–H and O–H groups in total. The number of rotatable bonds is 11. The molecule has 1 aromatic heterocycles. The number of thioether (sulfide) groups is 1. The van der Waals surface area contributed by atoms with Crippen LogP contribution >= 0.6 is 23.1 Å². The van der Waals surface area contributed by atoms with E-state index in [4.69, 9.17) is 4.74 Å². The molecule has 0 spiro atoms. The lowest BCUT2D eigenvalue weighted by Gasteiger charge is -2.29. The molecule has 184 valence electrons. The first-order valence-corrected chi connectivity index (χ1v) is 13.9. The average Bonchev–Trinajstić information content (AvgIpc) is 3.54. The fourth-order valence-electron chi connectivity index (χ4n) is 4.08. The highest BCUT2D eigenvalue weighted by Gasteiger charge is 2.27. The lowest BCUT2D eigenvalue weighted by atomic mass is 10.2. The molecular weight excluding hydrogens is 476 g/mol. The van der Waals surface area contributed by atoms with Crippen LogP contribution in [0.1, 0.15) is 28.8 Å². The molecule has 7 heteroatoms.